The minimum atomic E-state index is -1.75. The Labute approximate surface area is 242 Å². The van der Waals surface area contributed by atoms with E-state index in [1.165, 1.54) is 12.1 Å². The van der Waals surface area contributed by atoms with Gasteiger partial charge in [0, 0.05) is 16.0 Å². The predicted molar refractivity (Wildman–Crippen MR) is 157 cm³/mol. The molecule has 1 aliphatic heterocycles. The van der Waals surface area contributed by atoms with Gasteiger partial charge in [-0.2, -0.15) is 0 Å². The SMILES string of the molecule is C/C(=C\c1cc(Br)ccc1O)CC[C@@H](O)C1=C(C(C)C)C[C@H]2C(=O)N(c3cccc(B(O)O)c3)C(=O)[C@H]2[C@H]1CO. The van der Waals surface area contributed by atoms with Crippen LogP contribution in [-0.4, -0.2) is 57.0 Å². The van der Waals surface area contributed by atoms with Crippen LogP contribution in [0.3, 0.4) is 0 Å². The average molecular weight is 612 g/mol. The third kappa shape index (κ3) is 5.96. The molecule has 0 radical (unpaired) electrons. The van der Waals surface area contributed by atoms with E-state index >= 15 is 0 Å². The molecule has 1 fully saturated rings. The van der Waals surface area contributed by atoms with Crippen LogP contribution in [0.1, 0.15) is 45.6 Å². The highest BCUT2D eigenvalue weighted by Crippen LogP contribution is 2.48. The number of anilines is 1. The molecule has 2 aromatic carbocycles. The Balaban J connectivity index is 1.61. The van der Waals surface area contributed by atoms with Gasteiger partial charge in [0.2, 0.25) is 11.8 Å². The van der Waals surface area contributed by atoms with Crippen LogP contribution in [0.15, 0.2) is 63.7 Å². The molecule has 2 aromatic rings. The summed E-state index contributed by atoms with van der Waals surface area (Å²) in [6, 6.07) is 11.2. The molecular weight excluding hydrogens is 577 g/mol. The molecule has 2 aliphatic rings. The Hall–Kier alpha value is -2.76. The number of hydrogen-bond acceptors (Lipinski definition) is 7. The molecule has 0 bridgehead atoms. The zero-order chi connectivity index (χ0) is 29.3. The molecule has 5 N–H and O–H groups in total. The number of carbonyl (C=O) groups excluding carboxylic acids is 2. The van der Waals surface area contributed by atoms with Gasteiger partial charge >= 0.3 is 7.12 Å². The fraction of sp³-hybridized carbons (Fsp3) is 0.400. The summed E-state index contributed by atoms with van der Waals surface area (Å²) in [5, 5.41) is 51.3. The maximum Gasteiger partial charge on any atom is 0.488 e. The summed E-state index contributed by atoms with van der Waals surface area (Å²) in [7, 11) is -1.75. The third-order valence-electron chi connectivity index (χ3n) is 8.00. The number of imide groups is 1. The number of carbonyl (C=O) groups is 2. The Morgan fingerprint density at radius 3 is 2.52 bits per heavy atom. The van der Waals surface area contributed by atoms with Crippen molar-refractivity contribution in [2.75, 3.05) is 11.5 Å². The van der Waals surface area contributed by atoms with Gasteiger partial charge in [-0.15, -0.1) is 0 Å². The van der Waals surface area contributed by atoms with Crippen molar-refractivity contribution in [1.29, 1.82) is 0 Å². The second-order valence-corrected chi connectivity index (χ2v) is 11.9. The number of aliphatic hydroxyl groups is 2. The summed E-state index contributed by atoms with van der Waals surface area (Å²) in [6.45, 7) is 5.47. The van der Waals surface area contributed by atoms with Gasteiger partial charge < -0.3 is 25.4 Å². The molecule has 1 aliphatic carbocycles. The number of aromatic hydroxyl groups is 1. The summed E-state index contributed by atoms with van der Waals surface area (Å²) in [6.07, 6.45) is 2.09. The van der Waals surface area contributed by atoms with Crippen molar-refractivity contribution in [3.63, 3.8) is 0 Å². The van der Waals surface area contributed by atoms with Gasteiger partial charge in [-0.1, -0.05) is 59.1 Å². The van der Waals surface area contributed by atoms with Gasteiger partial charge in [0.25, 0.3) is 0 Å². The van der Waals surface area contributed by atoms with Gasteiger partial charge in [-0.05, 0) is 73.5 Å². The smallest absolute Gasteiger partial charge is 0.488 e. The van der Waals surface area contributed by atoms with E-state index in [4.69, 9.17) is 0 Å². The Morgan fingerprint density at radius 2 is 1.88 bits per heavy atom. The maximum absolute atomic E-state index is 13.7. The van der Waals surface area contributed by atoms with Crippen LogP contribution in [0.4, 0.5) is 5.69 Å². The summed E-state index contributed by atoms with van der Waals surface area (Å²) >= 11 is 3.41. The molecule has 212 valence electrons. The third-order valence-corrected chi connectivity index (χ3v) is 8.50. The zero-order valence-electron chi connectivity index (χ0n) is 22.8. The topological polar surface area (TPSA) is 139 Å². The predicted octanol–water partition coefficient (Wildman–Crippen LogP) is 3.15. The number of rotatable bonds is 9. The van der Waals surface area contributed by atoms with Crippen molar-refractivity contribution in [1.82, 2.24) is 0 Å². The lowest BCUT2D eigenvalue weighted by Gasteiger charge is -2.38. The standard InChI is InChI=1S/C30H35BBrNO7/c1-16(2)22-14-23-28(30(38)33(29(23)37)21-6-4-5-19(13-21)31(39)40)24(15-34)27(22)26(36)9-7-17(3)11-18-12-20(32)8-10-25(18)35/h4-6,8,10-13,16,23-24,26,28,34-36,39-40H,7,9,14-15H2,1-3H3/b17-11+/t23-,24+,26-,28-/m1/s1. The van der Waals surface area contributed by atoms with Gasteiger partial charge in [0.1, 0.15) is 5.75 Å². The van der Waals surface area contributed by atoms with E-state index in [2.05, 4.69) is 15.9 Å². The Bertz CT molecular complexity index is 1360. The van der Waals surface area contributed by atoms with E-state index in [0.717, 1.165) is 20.5 Å². The monoisotopic (exact) mass is 611 g/mol. The molecular formula is C30H35BBrNO7. The number of fused-ring (bicyclic) bond motifs is 1. The van der Waals surface area contributed by atoms with Crippen molar-refractivity contribution in [2.24, 2.45) is 23.7 Å². The van der Waals surface area contributed by atoms with E-state index in [1.807, 2.05) is 32.9 Å². The highest BCUT2D eigenvalue weighted by molar-refractivity contribution is 9.10. The number of nitrogens with zero attached hydrogens (tertiary/aromatic N) is 1. The van der Waals surface area contributed by atoms with E-state index < -0.39 is 49.4 Å². The molecule has 0 aromatic heterocycles. The van der Waals surface area contributed by atoms with Crippen LogP contribution >= 0.6 is 15.9 Å². The van der Waals surface area contributed by atoms with Crippen molar-refractivity contribution >= 4 is 52.1 Å². The van der Waals surface area contributed by atoms with Gasteiger partial charge in [0.15, 0.2) is 0 Å². The van der Waals surface area contributed by atoms with Crippen LogP contribution in [0.5, 0.6) is 5.75 Å². The number of allylic oxidation sites excluding steroid dienone is 2. The largest absolute Gasteiger partial charge is 0.507 e. The van der Waals surface area contributed by atoms with Crippen molar-refractivity contribution < 1.29 is 35.0 Å². The molecule has 2 amide bonds. The molecule has 40 heavy (non-hydrogen) atoms. The summed E-state index contributed by atoms with van der Waals surface area (Å²) in [5.74, 6) is -2.95. The van der Waals surface area contributed by atoms with Crippen molar-refractivity contribution in [3.8, 4) is 5.75 Å². The molecule has 1 saturated heterocycles. The van der Waals surface area contributed by atoms with Crippen molar-refractivity contribution in [2.45, 2.75) is 46.1 Å². The lowest BCUT2D eigenvalue weighted by atomic mass is 9.66. The van der Waals surface area contributed by atoms with E-state index in [9.17, 15) is 35.0 Å². The number of aliphatic hydroxyl groups excluding tert-OH is 2. The molecule has 4 atom stereocenters. The second kappa shape index (κ2) is 12.4. The van der Waals surface area contributed by atoms with Crippen LogP contribution < -0.4 is 10.4 Å². The quantitative estimate of drug-likeness (QED) is 0.167. The van der Waals surface area contributed by atoms with E-state index in [0.29, 0.717) is 30.4 Å². The number of halogens is 1. The van der Waals surface area contributed by atoms with Gasteiger partial charge in [-0.3, -0.25) is 14.5 Å². The molecule has 0 spiro atoms. The lowest BCUT2D eigenvalue weighted by Crippen LogP contribution is -2.40. The van der Waals surface area contributed by atoms with E-state index in [1.54, 1.807) is 24.3 Å². The minimum Gasteiger partial charge on any atom is -0.507 e. The molecule has 0 saturated carbocycles. The second-order valence-electron chi connectivity index (χ2n) is 11.0. The first-order chi connectivity index (χ1) is 18.9. The number of amides is 2. The minimum absolute atomic E-state index is 0.0141. The fourth-order valence-electron chi connectivity index (χ4n) is 6.02. The molecule has 4 rings (SSSR count). The van der Waals surface area contributed by atoms with Crippen LogP contribution in [-0.2, 0) is 9.59 Å². The number of hydrogen-bond donors (Lipinski definition) is 5. The molecule has 1 heterocycles. The molecule has 0 unspecified atom stereocenters. The number of benzene rings is 2. The zero-order valence-corrected chi connectivity index (χ0v) is 24.4. The highest BCUT2D eigenvalue weighted by atomic mass is 79.9. The summed E-state index contributed by atoms with van der Waals surface area (Å²) in [5.41, 5.74) is 3.50. The van der Waals surface area contributed by atoms with Crippen molar-refractivity contribution in [3.05, 3.63) is 69.2 Å². The summed E-state index contributed by atoms with van der Waals surface area (Å²) in [4.78, 5) is 28.3. The Morgan fingerprint density at radius 1 is 1.15 bits per heavy atom. The average Bonchev–Trinajstić information content (AvgIpc) is 3.17. The van der Waals surface area contributed by atoms with Crippen LogP contribution in [0.25, 0.3) is 6.08 Å². The lowest BCUT2D eigenvalue weighted by molar-refractivity contribution is -0.123. The number of phenolic OH excluding ortho intramolecular Hbond substituents is 1. The fourth-order valence-corrected chi connectivity index (χ4v) is 6.40. The van der Waals surface area contributed by atoms with Gasteiger partial charge in [0.05, 0.1) is 30.2 Å². The number of phenols is 1. The normalized spacial score (nSPS) is 22.3. The first-order valence-electron chi connectivity index (χ1n) is 13.5. The first kappa shape index (κ1) is 30.2. The Kier molecular flexibility index (Phi) is 9.37. The van der Waals surface area contributed by atoms with Crippen LogP contribution in [0.2, 0.25) is 0 Å². The maximum atomic E-state index is 13.7. The first-order valence-corrected chi connectivity index (χ1v) is 14.2. The van der Waals surface area contributed by atoms with Gasteiger partial charge in [-0.25, -0.2) is 0 Å². The summed E-state index contributed by atoms with van der Waals surface area (Å²) < 4.78 is 0.836. The molecule has 8 nitrogen and oxygen atoms in total. The van der Waals surface area contributed by atoms with Crippen LogP contribution in [0, 0.1) is 23.7 Å². The van der Waals surface area contributed by atoms with E-state index in [-0.39, 0.29) is 22.8 Å². The highest BCUT2D eigenvalue weighted by Gasteiger charge is 2.55. The molecule has 10 heteroatoms.